The number of ether oxygens (including phenoxy) is 1. The van der Waals surface area contributed by atoms with E-state index < -0.39 is 0 Å². The SMILES string of the molecule is Cc1ccc(C)c(NC(=O)NCCOc2ccc(-c3ccco3)nn2)c1. The summed E-state index contributed by atoms with van der Waals surface area (Å²) >= 11 is 0. The van der Waals surface area contributed by atoms with Gasteiger partial charge in [-0.3, -0.25) is 0 Å². The van der Waals surface area contributed by atoms with Crippen LogP contribution in [0.4, 0.5) is 10.5 Å². The molecule has 0 aliphatic rings. The first-order valence-corrected chi connectivity index (χ1v) is 8.24. The Morgan fingerprint density at radius 2 is 2.04 bits per heavy atom. The Hall–Kier alpha value is -3.35. The molecule has 7 nitrogen and oxygen atoms in total. The van der Waals surface area contributed by atoms with Crippen molar-refractivity contribution in [2.24, 2.45) is 0 Å². The fraction of sp³-hybridized carbons (Fsp3) is 0.211. The van der Waals surface area contributed by atoms with E-state index in [4.69, 9.17) is 9.15 Å². The van der Waals surface area contributed by atoms with E-state index in [2.05, 4.69) is 20.8 Å². The van der Waals surface area contributed by atoms with Crippen LogP contribution >= 0.6 is 0 Å². The average molecular weight is 352 g/mol. The first-order valence-electron chi connectivity index (χ1n) is 8.24. The van der Waals surface area contributed by atoms with Crippen molar-refractivity contribution in [1.82, 2.24) is 15.5 Å². The molecular weight excluding hydrogens is 332 g/mol. The fourth-order valence-electron chi connectivity index (χ4n) is 2.31. The molecule has 2 aromatic heterocycles. The van der Waals surface area contributed by atoms with Crippen molar-refractivity contribution in [1.29, 1.82) is 0 Å². The third-order valence-electron chi connectivity index (χ3n) is 3.69. The number of hydrogen-bond donors (Lipinski definition) is 2. The van der Waals surface area contributed by atoms with Crippen LogP contribution in [-0.2, 0) is 0 Å². The fourth-order valence-corrected chi connectivity index (χ4v) is 2.31. The zero-order valence-corrected chi connectivity index (χ0v) is 14.7. The molecule has 0 aliphatic heterocycles. The second-order valence-electron chi connectivity index (χ2n) is 5.78. The van der Waals surface area contributed by atoms with Gasteiger partial charge in [0.25, 0.3) is 0 Å². The van der Waals surface area contributed by atoms with Crippen molar-refractivity contribution in [2.75, 3.05) is 18.5 Å². The molecule has 134 valence electrons. The molecule has 0 unspecified atom stereocenters. The number of hydrogen-bond acceptors (Lipinski definition) is 5. The smallest absolute Gasteiger partial charge is 0.319 e. The average Bonchev–Trinajstić information content (AvgIpc) is 3.17. The van der Waals surface area contributed by atoms with E-state index in [0.717, 1.165) is 16.8 Å². The van der Waals surface area contributed by atoms with Gasteiger partial charge in [0.1, 0.15) is 12.3 Å². The Balaban J connectivity index is 1.42. The standard InChI is InChI=1S/C19H20N4O3/c1-13-5-6-14(2)16(12-13)21-19(24)20-9-11-26-18-8-7-15(22-23-18)17-4-3-10-25-17/h3-8,10,12H,9,11H2,1-2H3,(H2,20,21,24). The van der Waals surface area contributed by atoms with E-state index in [1.54, 1.807) is 24.5 Å². The van der Waals surface area contributed by atoms with E-state index in [1.165, 1.54) is 0 Å². The van der Waals surface area contributed by atoms with Gasteiger partial charge in [-0.1, -0.05) is 12.1 Å². The number of amides is 2. The maximum atomic E-state index is 11.9. The number of anilines is 1. The van der Waals surface area contributed by atoms with E-state index in [9.17, 15) is 4.79 Å². The maximum Gasteiger partial charge on any atom is 0.319 e. The summed E-state index contributed by atoms with van der Waals surface area (Å²) in [7, 11) is 0. The lowest BCUT2D eigenvalue weighted by atomic mass is 10.1. The number of urea groups is 1. The first-order chi connectivity index (χ1) is 12.6. The molecule has 3 rings (SSSR count). The Labute approximate surface area is 151 Å². The van der Waals surface area contributed by atoms with Gasteiger partial charge in [-0.2, -0.15) is 0 Å². The number of nitrogens with one attached hydrogen (secondary N) is 2. The molecule has 2 N–H and O–H groups in total. The van der Waals surface area contributed by atoms with E-state index in [-0.39, 0.29) is 12.6 Å². The molecule has 0 bridgehead atoms. The van der Waals surface area contributed by atoms with Crippen molar-refractivity contribution in [3.05, 3.63) is 59.9 Å². The largest absolute Gasteiger partial charge is 0.475 e. The number of rotatable bonds is 6. The van der Waals surface area contributed by atoms with Crippen molar-refractivity contribution in [2.45, 2.75) is 13.8 Å². The number of carbonyl (C=O) groups excluding carboxylic acids is 1. The van der Waals surface area contributed by atoms with Gasteiger partial charge >= 0.3 is 6.03 Å². The molecule has 0 aliphatic carbocycles. The van der Waals surface area contributed by atoms with E-state index in [1.807, 2.05) is 38.1 Å². The topological polar surface area (TPSA) is 89.3 Å². The molecule has 0 saturated heterocycles. The monoisotopic (exact) mass is 352 g/mol. The van der Waals surface area contributed by atoms with Gasteiger partial charge < -0.3 is 19.8 Å². The van der Waals surface area contributed by atoms with E-state index in [0.29, 0.717) is 23.9 Å². The number of aromatic nitrogens is 2. The zero-order valence-electron chi connectivity index (χ0n) is 14.7. The second kappa shape index (κ2) is 8.15. The van der Waals surface area contributed by atoms with Crippen molar-refractivity contribution in [3.63, 3.8) is 0 Å². The number of benzene rings is 1. The molecule has 0 fully saturated rings. The summed E-state index contributed by atoms with van der Waals surface area (Å²) in [6.45, 7) is 4.56. The van der Waals surface area contributed by atoms with Crippen LogP contribution in [0.1, 0.15) is 11.1 Å². The first kappa shape index (κ1) is 17.5. The van der Waals surface area contributed by atoms with Crippen molar-refractivity contribution in [3.8, 4) is 17.3 Å². The minimum atomic E-state index is -0.276. The summed E-state index contributed by atoms with van der Waals surface area (Å²) < 4.78 is 10.7. The highest BCUT2D eigenvalue weighted by atomic mass is 16.5. The number of aryl methyl sites for hydroxylation is 2. The van der Waals surface area contributed by atoms with E-state index >= 15 is 0 Å². The number of nitrogens with zero attached hydrogens (tertiary/aromatic N) is 2. The number of furan rings is 1. The molecule has 1 aromatic carbocycles. The highest BCUT2D eigenvalue weighted by molar-refractivity contribution is 5.90. The minimum Gasteiger partial charge on any atom is -0.475 e. The Morgan fingerprint density at radius 3 is 2.77 bits per heavy atom. The van der Waals surface area contributed by atoms with Gasteiger partial charge in [0.2, 0.25) is 5.88 Å². The zero-order chi connectivity index (χ0) is 18.4. The van der Waals surface area contributed by atoms with Crippen LogP contribution in [-0.4, -0.2) is 29.4 Å². The molecule has 2 heterocycles. The number of carbonyl (C=O) groups is 1. The van der Waals surface area contributed by atoms with Crippen LogP contribution in [0.2, 0.25) is 0 Å². The van der Waals surface area contributed by atoms with Crippen LogP contribution in [0.5, 0.6) is 5.88 Å². The summed E-state index contributed by atoms with van der Waals surface area (Å²) in [6.07, 6.45) is 1.58. The van der Waals surface area contributed by atoms with Gasteiger partial charge in [-0.15, -0.1) is 10.2 Å². The quantitative estimate of drug-likeness (QED) is 0.662. The molecule has 2 amide bonds. The Bertz CT molecular complexity index is 861. The van der Waals surface area contributed by atoms with Crippen LogP contribution < -0.4 is 15.4 Å². The van der Waals surface area contributed by atoms with Crippen LogP contribution in [0.15, 0.2) is 53.1 Å². The maximum absolute atomic E-state index is 11.9. The second-order valence-corrected chi connectivity index (χ2v) is 5.78. The summed E-state index contributed by atoms with van der Waals surface area (Å²) in [5, 5.41) is 13.6. The molecule has 3 aromatic rings. The Morgan fingerprint density at radius 1 is 1.15 bits per heavy atom. The third-order valence-corrected chi connectivity index (χ3v) is 3.69. The predicted octanol–water partition coefficient (Wildman–Crippen LogP) is 3.55. The van der Waals surface area contributed by atoms with Gasteiger partial charge in [0, 0.05) is 11.8 Å². The summed E-state index contributed by atoms with van der Waals surface area (Å²) in [5.74, 6) is 1.03. The molecule has 0 atom stereocenters. The lowest BCUT2D eigenvalue weighted by Crippen LogP contribution is -2.32. The van der Waals surface area contributed by atoms with Gasteiger partial charge in [-0.05, 0) is 49.2 Å². The van der Waals surface area contributed by atoms with Crippen LogP contribution in [0, 0.1) is 13.8 Å². The third kappa shape index (κ3) is 4.60. The molecule has 0 spiro atoms. The van der Waals surface area contributed by atoms with Crippen LogP contribution in [0.3, 0.4) is 0 Å². The summed E-state index contributed by atoms with van der Waals surface area (Å²) in [6, 6.07) is 12.7. The highest BCUT2D eigenvalue weighted by Gasteiger charge is 2.06. The van der Waals surface area contributed by atoms with Crippen LogP contribution in [0.25, 0.3) is 11.5 Å². The lowest BCUT2D eigenvalue weighted by molar-refractivity contribution is 0.246. The lowest BCUT2D eigenvalue weighted by Gasteiger charge is -2.11. The highest BCUT2D eigenvalue weighted by Crippen LogP contribution is 2.18. The molecule has 26 heavy (non-hydrogen) atoms. The van der Waals surface area contributed by atoms with Gasteiger partial charge in [-0.25, -0.2) is 4.79 Å². The van der Waals surface area contributed by atoms with Gasteiger partial charge in [0.15, 0.2) is 5.76 Å². The molecule has 0 saturated carbocycles. The summed E-state index contributed by atoms with van der Waals surface area (Å²) in [4.78, 5) is 11.9. The molecule has 0 radical (unpaired) electrons. The molecule has 7 heteroatoms. The van der Waals surface area contributed by atoms with Crippen molar-refractivity contribution < 1.29 is 13.9 Å². The Kier molecular flexibility index (Phi) is 5.48. The normalized spacial score (nSPS) is 10.4. The van der Waals surface area contributed by atoms with Crippen molar-refractivity contribution >= 4 is 11.7 Å². The minimum absolute atomic E-state index is 0.276. The summed E-state index contributed by atoms with van der Waals surface area (Å²) in [5.41, 5.74) is 3.52. The molecular formula is C19H20N4O3. The predicted molar refractivity (Wildman–Crippen MR) is 98.2 cm³/mol. The van der Waals surface area contributed by atoms with Gasteiger partial charge in [0.05, 0.1) is 12.8 Å².